The van der Waals surface area contributed by atoms with Crippen LogP contribution in [0.4, 0.5) is 0 Å². The van der Waals surface area contributed by atoms with Gasteiger partial charge in [-0.1, -0.05) is 20.8 Å². The molecular formula is C9H12N2O2S. The van der Waals surface area contributed by atoms with Gasteiger partial charge in [-0.05, 0) is 0 Å². The van der Waals surface area contributed by atoms with Crippen molar-refractivity contribution in [1.82, 2.24) is 4.98 Å². The number of rotatable bonds is 2. The molecule has 1 aromatic rings. The number of amides is 1. The average molecular weight is 212 g/mol. The lowest BCUT2D eigenvalue weighted by molar-refractivity contribution is -0.114. The van der Waals surface area contributed by atoms with E-state index in [9.17, 15) is 9.59 Å². The predicted octanol–water partition coefficient (Wildman–Crippen LogP) is 1.11. The van der Waals surface area contributed by atoms with Gasteiger partial charge in [0.25, 0.3) is 11.7 Å². The summed E-state index contributed by atoms with van der Waals surface area (Å²) in [6, 6.07) is 0. The number of Topliss-reactive ketones (excluding diaryl/α,β-unsaturated/α-hetero) is 1. The third-order valence-corrected chi connectivity index (χ3v) is 2.87. The van der Waals surface area contributed by atoms with Gasteiger partial charge in [-0.3, -0.25) is 9.59 Å². The van der Waals surface area contributed by atoms with Crippen molar-refractivity contribution < 1.29 is 9.59 Å². The summed E-state index contributed by atoms with van der Waals surface area (Å²) >= 11 is 1.36. The molecule has 1 amide bonds. The van der Waals surface area contributed by atoms with Crippen molar-refractivity contribution in [3.05, 3.63) is 16.1 Å². The maximum atomic E-state index is 11.2. The van der Waals surface area contributed by atoms with Crippen molar-refractivity contribution in [2.45, 2.75) is 26.2 Å². The van der Waals surface area contributed by atoms with Crippen LogP contribution in [-0.2, 0) is 10.2 Å². The second-order valence-electron chi connectivity index (χ2n) is 3.98. The molecule has 1 heterocycles. The molecule has 2 N–H and O–H groups in total. The van der Waals surface area contributed by atoms with Crippen molar-refractivity contribution in [2.24, 2.45) is 5.73 Å². The minimum absolute atomic E-state index is 0.110. The average Bonchev–Trinajstić information content (AvgIpc) is 2.49. The van der Waals surface area contributed by atoms with Crippen molar-refractivity contribution in [1.29, 1.82) is 0 Å². The molecule has 0 unspecified atom stereocenters. The molecule has 0 saturated heterocycles. The third-order valence-electron chi connectivity index (χ3n) is 1.60. The van der Waals surface area contributed by atoms with E-state index < -0.39 is 11.7 Å². The number of hydrogen-bond acceptors (Lipinski definition) is 4. The lowest BCUT2D eigenvalue weighted by Gasteiger charge is -2.13. The third kappa shape index (κ3) is 2.17. The van der Waals surface area contributed by atoms with Crippen LogP contribution in [0.3, 0.4) is 0 Å². The Hall–Kier alpha value is -1.23. The van der Waals surface area contributed by atoms with E-state index in [0.29, 0.717) is 0 Å². The molecule has 0 atom stereocenters. The number of carbonyl (C=O) groups is 2. The van der Waals surface area contributed by atoms with Crippen LogP contribution in [0.2, 0.25) is 0 Å². The van der Waals surface area contributed by atoms with E-state index >= 15 is 0 Å². The van der Waals surface area contributed by atoms with Crippen LogP contribution in [0.5, 0.6) is 0 Å². The van der Waals surface area contributed by atoms with E-state index in [4.69, 9.17) is 5.73 Å². The second kappa shape index (κ2) is 3.49. The Labute approximate surface area is 86.1 Å². The number of primary amides is 1. The minimum Gasteiger partial charge on any atom is -0.363 e. The van der Waals surface area contributed by atoms with Crippen LogP contribution in [0.1, 0.15) is 36.3 Å². The van der Waals surface area contributed by atoms with E-state index in [1.165, 1.54) is 11.3 Å². The zero-order chi connectivity index (χ0) is 10.9. The predicted molar refractivity (Wildman–Crippen MR) is 54.3 cm³/mol. The topological polar surface area (TPSA) is 73.1 Å². The standard InChI is InChI=1S/C9H12N2O2S/c1-9(2,3)8-11-5(4-14-8)6(12)7(10)13/h4H,1-3H3,(H2,10,13). The number of nitrogens with two attached hydrogens (primary N) is 1. The highest BCUT2D eigenvalue weighted by atomic mass is 32.1. The lowest BCUT2D eigenvalue weighted by Crippen LogP contribution is -2.23. The summed E-state index contributed by atoms with van der Waals surface area (Å²) in [6.45, 7) is 5.97. The van der Waals surface area contributed by atoms with Gasteiger partial charge in [-0.2, -0.15) is 0 Å². The molecule has 4 nitrogen and oxygen atoms in total. The summed E-state index contributed by atoms with van der Waals surface area (Å²) in [7, 11) is 0. The molecule has 0 radical (unpaired) electrons. The fourth-order valence-corrected chi connectivity index (χ4v) is 1.74. The van der Waals surface area contributed by atoms with Crippen LogP contribution < -0.4 is 5.73 Å². The Morgan fingerprint density at radius 1 is 1.43 bits per heavy atom. The van der Waals surface area contributed by atoms with Gasteiger partial charge in [-0.15, -0.1) is 11.3 Å². The molecule has 76 valence electrons. The van der Waals surface area contributed by atoms with Crippen LogP contribution in [0.15, 0.2) is 5.38 Å². The fourth-order valence-electron chi connectivity index (χ4n) is 0.849. The maximum Gasteiger partial charge on any atom is 0.291 e. The number of hydrogen-bond donors (Lipinski definition) is 1. The summed E-state index contributed by atoms with van der Waals surface area (Å²) < 4.78 is 0. The molecule has 0 spiro atoms. The molecule has 0 aliphatic heterocycles. The summed E-state index contributed by atoms with van der Waals surface area (Å²) in [5, 5.41) is 2.38. The Balaban J connectivity index is 3.00. The zero-order valence-corrected chi connectivity index (χ0v) is 9.14. The number of aromatic nitrogens is 1. The molecule has 1 aromatic heterocycles. The molecule has 0 aliphatic carbocycles. The first-order valence-electron chi connectivity index (χ1n) is 4.12. The molecule has 5 heteroatoms. The highest BCUT2D eigenvalue weighted by Crippen LogP contribution is 2.25. The van der Waals surface area contributed by atoms with Gasteiger partial charge in [0.2, 0.25) is 0 Å². The van der Waals surface area contributed by atoms with Crippen molar-refractivity contribution in [3.63, 3.8) is 0 Å². The summed E-state index contributed by atoms with van der Waals surface area (Å²) in [5.41, 5.74) is 4.90. The largest absolute Gasteiger partial charge is 0.363 e. The van der Waals surface area contributed by atoms with Gasteiger partial charge in [-0.25, -0.2) is 4.98 Å². The van der Waals surface area contributed by atoms with Crippen LogP contribution in [0, 0.1) is 0 Å². The van der Waals surface area contributed by atoms with Gasteiger partial charge < -0.3 is 5.73 Å². The first kappa shape index (κ1) is 10.8. The molecule has 0 aromatic carbocycles. The summed E-state index contributed by atoms with van der Waals surface area (Å²) in [4.78, 5) is 25.8. The fraction of sp³-hybridized carbons (Fsp3) is 0.444. The number of thiazole rings is 1. The van der Waals surface area contributed by atoms with Crippen LogP contribution >= 0.6 is 11.3 Å². The Bertz CT molecular complexity index is 376. The summed E-state index contributed by atoms with van der Waals surface area (Å²) in [5.74, 6) is -1.69. The Morgan fingerprint density at radius 3 is 2.36 bits per heavy atom. The molecule has 0 saturated carbocycles. The van der Waals surface area contributed by atoms with E-state index in [-0.39, 0.29) is 11.1 Å². The molecule has 0 aliphatic rings. The normalized spacial score (nSPS) is 11.4. The zero-order valence-electron chi connectivity index (χ0n) is 8.33. The Morgan fingerprint density at radius 2 is 2.00 bits per heavy atom. The minimum atomic E-state index is -0.962. The SMILES string of the molecule is CC(C)(C)c1nc(C(=O)C(N)=O)cs1. The van der Waals surface area contributed by atoms with Crippen molar-refractivity contribution in [3.8, 4) is 0 Å². The highest BCUT2D eigenvalue weighted by Gasteiger charge is 2.22. The second-order valence-corrected chi connectivity index (χ2v) is 4.84. The van der Waals surface area contributed by atoms with Crippen LogP contribution in [0.25, 0.3) is 0 Å². The van der Waals surface area contributed by atoms with Crippen LogP contribution in [-0.4, -0.2) is 16.7 Å². The van der Waals surface area contributed by atoms with Crippen molar-refractivity contribution in [2.75, 3.05) is 0 Å². The molecular weight excluding hydrogens is 200 g/mol. The monoisotopic (exact) mass is 212 g/mol. The van der Waals surface area contributed by atoms with Gasteiger partial charge in [0.1, 0.15) is 5.69 Å². The number of ketones is 1. The molecule has 0 fully saturated rings. The molecule has 0 bridgehead atoms. The van der Waals surface area contributed by atoms with Crippen molar-refractivity contribution >= 4 is 23.0 Å². The van der Waals surface area contributed by atoms with E-state index in [2.05, 4.69) is 4.98 Å². The van der Waals surface area contributed by atoms with E-state index in [1.807, 2.05) is 20.8 Å². The molecule has 14 heavy (non-hydrogen) atoms. The summed E-state index contributed by atoms with van der Waals surface area (Å²) in [6.07, 6.45) is 0. The lowest BCUT2D eigenvalue weighted by atomic mass is 9.98. The van der Waals surface area contributed by atoms with E-state index in [0.717, 1.165) is 5.01 Å². The number of carbonyl (C=O) groups excluding carboxylic acids is 2. The Kier molecular flexibility index (Phi) is 2.71. The van der Waals surface area contributed by atoms with Gasteiger partial charge in [0.15, 0.2) is 0 Å². The highest BCUT2D eigenvalue weighted by molar-refractivity contribution is 7.10. The maximum absolute atomic E-state index is 11.2. The van der Waals surface area contributed by atoms with Gasteiger partial charge >= 0.3 is 0 Å². The van der Waals surface area contributed by atoms with E-state index in [1.54, 1.807) is 5.38 Å². The van der Waals surface area contributed by atoms with Gasteiger partial charge in [0, 0.05) is 10.8 Å². The molecule has 1 rings (SSSR count). The number of nitrogens with zero attached hydrogens (tertiary/aromatic N) is 1. The first-order valence-corrected chi connectivity index (χ1v) is 5.00. The van der Waals surface area contributed by atoms with Gasteiger partial charge in [0.05, 0.1) is 5.01 Å². The quantitative estimate of drug-likeness (QED) is 0.589. The smallest absolute Gasteiger partial charge is 0.291 e. The first-order chi connectivity index (χ1) is 6.32.